The zero-order valence-corrected chi connectivity index (χ0v) is 10.8. The van der Waals surface area contributed by atoms with Crippen molar-refractivity contribution in [2.45, 2.75) is 6.54 Å². The highest BCUT2D eigenvalue weighted by molar-refractivity contribution is 7.99. The number of oxime groups is 1. The molecule has 1 aromatic heterocycles. The molecule has 1 aromatic rings. The molecule has 0 aliphatic carbocycles. The van der Waals surface area contributed by atoms with Crippen molar-refractivity contribution in [1.29, 1.82) is 0 Å². The summed E-state index contributed by atoms with van der Waals surface area (Å²) in [6.45, 7) is 1.60. The quantitative estimate of drug-likeness (QED) is 0.168. The summed E-state index contributed by atoms with van der Waals surface area (Å²) >= 11 is 1.72. The van der Waals surface area contributed by atoms with Crippen LogP contribution < -0.4 is 11.1 Å². The van der Waals surface area contributed by atoms with E-state index < -0.39 is 0 Å². The van der Waals surface area contributed by atoms with Crippen LogP contribution in [0.25, 0.3) is 0 Å². The zero-order chi connectivity index (χ0) is 13.2. The van der Waals surface area contributed by atoms with E-state index >= 15 is 0 Å². The summed E-state index contributed by atoms with van der Waals surface area (Å²) in [7, 11) is 0. The maximum Gasteiger partial charge on any atom is 0.188 e. The molecule has 96 valence electrons. The smallest absolute Gasteiger partial charge is 0.188 e. The third-order valence-corrected chi connectivity index (χ3v) is 3.00. The second-order valence-electron chi connectivity index (χ2n) is 3.47. The summed E-state index contributed by atoms with van der Waals surface area (Å²) in [6, 6.07) is 3.67. The van der Waals surface area contributed by atoms with E-state index in [0.29, 0.717) is 12.2 Å². The first kappa shape index (κ1) is 14.4. The number of pyridine rings is 1. The van der Waals surface area contributed by atoms with E-state index in [-0.39, 0.29) is 5.84 Å². The lowest BCUT2D eigenvalue weighted by molar-refractivity contribution is 0.318. The van der Waals surface area contributed by atoms with Crippen LogP contribution in [0.2, 0.25) is 0 Å². The van der Waals surface area contributed by atoms with Crippen molar-refractivity contribution >= 4 is 17.6 Å². The standard InChI is InChI=1S/C12H16N4OS/c1-2-6-18-7-5-14-9-10-3-4-15-11(8-10)12(13)16-17/h1,3-4,8,14,17H,5-7,9H2,(H2,13,16). The van der Waals surface area contributed by atoms with Gasteiger partial charge in [0.1, 0.15) is 5.69 Å². The van der Waals surface area contributed by atoms with E-state index in [1.807, 2.05) is 6.07 Å². The fourth-order valence-corrected chi connectivity index (χ4v) is 1.83. The summed E-state index contributed by atoms with van der Waals surface area (Å²) in [5.74, 6) is 4.31. The molecular weight excluding hydrogens is 248 g/mol. The van der Waals surface area contributed by atoms with E-state index in [1.165, 1.54) is 0 Å². The van der Waals surface area contributed by atoms with Crippen molar-refractivity contribution in [3.8, 4) is 12.3 Å². The summed E-state index contributed by atoms with van der Waals surface area (Å²) in [5.41, 5.74) is 6.97. The van der Waals surface area contributed by atoms with Gasteiger partial charge in [0.25, 0.3) is 0 Å². The van der Waals surface area contributed by atoms with Crippen LogP contribution in [-0.4, -0.2) is 34.1 Å². The number of hydrogen-bond acceptors (Lipinski definition) is 5. The highest BCUT2D eigenvalue weighted by atomic mass is 32.2. The first-order valence-electron chi connectivity index (χ1n) is 5.42. The zero-order valence-electron chi connectivity index (χ0n) is 9.97. The lowest BCUT2D eigenvalue weighted by atomic mass is 10.2. The molecule has 0 aliphatic rings. The fourth-order valence-electron chi connectivity index (χ4n) is 1.28. The Morgan fingerprint density at radius 2 is 2.50 bits per heavy atom. The maximum atomic E-state index is 8.56. The number of amidine groups is 1. The number of nitrogens with one attached hydrogen (secondary N) is 1. The second kappa shape index (κ2) is 8.39. The minimum atomic E-state index is 0.0152. The van der Waals surface area contributed by atoms with Crippen LogP contribution in [0.1, 0.15) is 11.3 Å². The van der Waals surface area contributed by atoms with E-state index in [4.69, 9.17) is 17.4 Å². The first-order valence-corrected chi connectivity index (χ1v) is 6.58. The SMILES string of the molecule is C#CCSCCNCc1ccnc(/C(N)=N\O)c1. The lowest BCUT2D eigenvalue weighted by Gasteiger charge is -2.05. The summed E-state index contributed by atoms with van der Waals surface area (Å²) in [6.07, 6.45) is 6.79. The molecule has 0 aliphatic heterocycles. The number of hydrogen-bond donors (Lipinski definition) is 3. The Kier molecular flexibility index (Phi) is 6.69. The molecule has 0 saturated heterocycles. The molecule has 0 spiro atoms. The highest BCUT2D eigenvalue weighted by Crippen LogP contribution is 2.02. The third-order valence-electron chi connectivity index (χ3n) is 2.13. The molecule has 1 rings (SSSR count). The maximum absolute atomic E-state index is 8.56. The Morgan fingerprint density at radius 1 is 1.67 bits per heavy atom. The van der Waals surface area contributed by atoms with Gasteiger partial charge < -0.3 is 16.3 Å². The average molecular weight is 264 g/mol. The summed E-state index contributed by atoms with van der Waals surface area (Å²) in [5, 5.41) is 14.8. The van der Waals surface area contributed by atoms with Crippen molar-refractivity contribution in [2.24, 2.45) is 10.9 Å². The normalized spacial score (nSPS) is 11.2. The first-order chi connectivity index (χ1) is 8.77. The Labute approximate surface area is 111 Å². The van der Waals surface area contributed by atoms with Crippen molar-refractivity contribution in [3.05, 3.63) is 29.6 Å². The molecule has 5 nitrogen and oxygen atoms in total. The minimum Gasteiger partial charge on any atom is -0.409 e. The monoisotopic (exact) mass is 264 g/mol. The number of rotatable bonds is 7. The van der Waals surface area contributed by atoms with Crippen molar-refractivity contribution in [1.82, 2.24) is 10.3 Å². The molecule has 4 N–H and O–H groups in total. The lowest BCUT2D eigenvalue weighted by Crippen LogP contribution is -2.18. The molecule has 0 saturated carbocycles. The van der Waals surface area contributed by atoms with Gasteiger partial charge >= 0.3 is 0 Å². The Hall–Kier alpha value is -1.71. The van der Waals surface area contributed by atoms with Gasteiger partial charge in [-0.15, -0.1) is 18.2 Å². The van der Waals surface area contributed by atoms with Crippen molar-refractivity contribution < 1.29 is 5.21 Å². The van der Waals surface area contributed by atoms with Gasteiger partial charge in [-0.3, -0.25) is 4.98 Å². The Bertz CT molecular complexity index is 442. The molecule has 0 fully saturated rings. The molecule has 1 heterocycles. The molecule has 0 unspecified atom stereocenters. The number of aromatic nitrogens is 1. The summed E-state index contributed by atoms with van der Waals surface area (Å²) in [4.78, 5) is 4.01. The van der Waals surface area contributed by atoms with E-state index in [0.717, 1.165) is 23.6 Å². The Morgan fingerprint density at radius 3 is 3.22 bits per heavy atom. The van der Waals surface area contributed by atoms with Crippen LogP contribution in [0.4, 0.5) is 0 Å². The number of nitrogens with two attached hydrogens (primary N) is 1. The van der Waals surface area contributed by atoms with E-state index in [1.54, 1.807) is 24.0 Å². The number of thioether (sulfide) groups is 1. The van der Waals surface area contributed by atoms with Crippen molar-refractivity contribution in [3.63, 3.8) is 0 Å². The molecule has 0 amide bonds. The van der Waals surface area contributed by atoms with Crippen molar-refractivity contribution in [2.75, 3.05) is 18.1 Å². The van der Waals surface area contributed by atoms with Crippen LogP contribution in [0.5, 0.6) is 0 Å². The van der Waals surface area contributed by atoms with Gasteiger partial charge in [0.05, 0.1) is 5.75 Å². The van der Waals surface area contributed by atoms with Crippen LogP contribution in [0.3, 0.4) is 0 Å². The largest absolute Gasteiger partial charge is 0.409 e. The van der Waals surface area contributed by atoms with Gasteiger partial charge in [0.15, 0.2) is 5.84 Å². The number of nitrogens with zero attached hydrogens (tertiary/aromatic N) is 2. The number of terminal acetylenes is 1. The molecule has 0 radical (unpaired) electrons. The van der Waals surface area contributed by atoms with Gasteiger partial charge in [0.2, 0.25) is 0 Å². The van der Waals surface area contributed by atoms with Crippen LogP contribution in [0.15, 0.2) is 23.5 Å². The van der Waals surface area contributed by atoms with E-state index in [2.05, 4.69) is 21.4 Å². The molecule has 18 heavy (non-hydrogen) atoms. The summed E-state index contributed by atoms with van der Waals surface area (Å²) < 4.78 is 0. The highest BCUT2D eigenvalue weighted by Gasteiger charge is 2.01. The van der Waals surface area contributed by atoms with Gasteiger partial charge in [-0.25, -0.2) is 0 Å². The van der Waals surface area contributed by atoms with Gasteiger partial charge in [-0.1, -0.05) is 11.1 Å². The van der Waals surface area contributed by atoms with Gasteiger partial charge in [-0.2, -0.15) is 0 Å². The second-order valence-corrected chi connectivity index (χ2v) is 4.57. The fraction of sp³-hybridized carbons (Fsp3) is 0.333. The average Bonchev–Trinajstić information content (AvgIpc) is 2.42. The van der Waals surface area contributed by atoms with Crippen LogP contribution >= 0.6 is 11.8 Å². The van der Waals surface area contributed by atoms with Crippen LogP contribution in [0, 0.1) is 12.3 Å². The topological polar surface area (TPSA) is 83.5 Å². The van der Waals surface area contributed by atoms with Gasteiger partial charge in [-0.05, 0) is 17.7 Å². The predicted octanol–water partition coefficient (Wildman–Crippen LogP) is 0.632. The molecular formula is C12H16N4OS. The molecule has 6 heteroatoms. The van der Waals surface area contributed by atoms with E-state index in [9.17, 15) is 0 Å². The predicted molar refractivity (Wildman–Crippen MR) is 74.6 cm³/mol. The van der Waals surface area contributed by atoms with Crippen LogP contribution in [-0.2, 0) is 6.54 Å². The minimum absolute atomic E-state index is 0.0152. The molecule has 0 bridgehead atoms. The molecule has 0 aromatic carbocycles. The Balaban J connectivity index is 2.37. The third kappa shape index (κ3) is 5.08. The van der Waals surface area contributed by atoms with Gasteiger partial charge in [0, 0.05) is 25.0 Å². The molecule has 0 atom stereocenters.